The number of amides is 2. The fourth-order valence-electron chi connectivity index (χ4n) is 5.64. The Balaban J connectivity index is 0.949. The molecule has 40 heavy (non-hydrogen) atoms. The average molecular weight is 536 g/mol. The summed E-state index contributed by atoms with van der Waals surface area (Å²) in [5.74, 6) is 0.306. The highest BCUT2D eigenvalue weighted by atomic mass is 16.5. The van der Waals surface area contributed by atoms with E-state index in [-0.39, 0.29) is 18.4 Å². The Morgan fingerprint density at radius 2 is 1.27 bits per heavy atom. The van der Waals surface area contributed by atoms with Gasteiger partial charge in [0, 0.05) is 62.3 Å². The molecule has 4 aromatic rings. The molecular weight excluding hydrogens is 502 g/mol. The van der Waals surface area contributed by atoms with E-state index in [9.17, 15) is 14.7 Å². The van der Waals surface area contributed by atoms with Crippen LogP contribution in [0.5, 0.6) is 5.75 Å². The Hall–Kier alpha value is -4.04. The minimum atomic E-state index is -0.591. The topological polar surface area (TPSA) is 73.3 Å². The van der Waals surface area contributed by atoms with Gasteiger partial charge in [-0.15, -0.1) is 0 Å². The fraction of sp³-hybridized carbons (Fsp3) is 0.273. The van der Waals surface area contributed by atoms with E-state index in [4.69, 9.17) is 4.74 Å². The van der Waals surface area contributed by atoms with Gasteiger partial charge in [0.15, 0.2) is 0 Å². The van der Waals surface area contributed by atoms with E-state index in [0.717, 1.165) is 53.8 Å². The van der Waals surface area contributed by atoms with Crippen molar-refractivity contribution in [2.45, 2.75) is 6.10 Å². The molecule has 0 radical (unpaired) electrons. The molecule has 2 heterocycles. The maximum atomic E-state index is 13.1. The monoisotopic (exact) mass is 535 g/mol. The van der Waals surface area contributed by atoms with Crippen LogP contribution in [0.15, 0.2) is 91.0 Å². The van der Waals surface area contributed by atoms with E-state index >= 15 is 0 Å². The first-order valence-corrected chi connectivity index (χ1v) is 13.9. The molecule has 0 spiro atoms. The van der Waals surface area contributed by atoms with Gasteiger partial charge in [-0.3, -0.25) is 24.3 Å². The van der Waals surface area contributed by atoms with Crippen molar-refractivity contribution in [1.29, 1.82) is 0 Å². The van der Waals surface area contributed by atoms with Crippen molar-refractivity contribution in [3.8, 4) is 16.9 Å². The second-order valence-corrected chi connectivity index (χ2v) is 10.5. The number of ether oxygens (including phenoxy) is 1. The summed E-state index contributed by atoms with van der Waals surface area (Å²) in [6.07, 6.45) is -0.591. The highest BCUT2D eigenvalue weighted by Crippen LogP contribution is 2.30. The van der Waals surface area contributed by atoms with Crippen LogP contribution >= 0.6 is 0 Å². The van der Waals surface area contributed by atoms with Crippen molar-refractivity contribution in [3.05, 3.63) is 102 Å². The maximum absolute atomic E-state index is 13.1. The van der Waals surface area contributed by atoms with Crippen molar-refractivity contribution >= 4 is 22.6 Å². The average Bonchev–Trinajstić information content (AvgIpc) is 3.00. The predicted molar refractivity (Wildman–Crippen MR) is 156 cm³/mol. The third-order valence-corrected chi connectivity index (χ3v) is 7.83. The number of nitrogens with zero attached hydrogens (tertiary/aromatic N) is 3. The van der Waals surface area contributed by atoms with Crippen LogP contribution in [0.2, 0.25) is 0 Å². The number of carbonyl (C=O) groups excluding carboxylic acids is 2. The van der Waals surface area contributed by atoms with Crippen molar-refractivity contribution in [3.63, 3.8) is 0 Å². The summed E-state index contributed by atoms with van der Waals surface area (Å²) in [4.78, 5) is 32.2. The molecule has 1 unspecified atom stereocenters. The molecule has 2 amide bonds. The minimum Gasteiger partial charge on any atom is -0.491 e. The number of hydrogen-bond donors (Lipinski definition) is 1. The second-order valence-electron chi connectivity index (χ2n) is 10.5. The molecule has 0 aromatic heterocycles. The number of carbonyl (C=O) groups is 2. The predicted octanol–water partition coefficient (Wildman–Crippen LogP) is 4.16. The molecule has 1 atom stereocenters. The van der Waals surface area contributed by atoms with Crippen LogP contribution in [0.25, 0.3) is 21.9 Å². The first-order valence-electron chi connectivity index (χ1n) is 13.9. The molecular formula is C33H33N3O4. The lowest BCUT2D eigenvalue weighted by atomic mass is 9.94. The van der Waals surface area contributed by atoms with Crippen molar-refractivity contribution in [1.82, 2.24) is 14.7 Å². The Kier molecular flexibility index (Phi) is 7.60. The lowest BCUT2D eigenvalue weighted by Gasteiger charge is -2.36. The van der Waals surface area contributed by atoms with E-state index in [2.05, 4.69) is 21.9 Å². The number of aliphatic hydroxyl groups excluding tert-OH is 1. The van der Waals surface area contributed by atoms with E-state index in [0.29, 0.717) is 30.8 Å². The molecule has 204 valence electrons. The Morgan fingerprint density at radius 1 is 0.675 bits per heavy atom. The van der Waals surface area contributed by atoms with Gasteiger partial charge >= 0.3 is 0 Å². The fourth-order valence-corrected chi connectivity index (χ4v) is 5.64. The molecule has 6 rings (SSSR count). The number of piperazine rings is 1. The molecule has 2 aliphatic rings. The molecule has 1 saturated heterocycles. The van der Waals surface area contributed by atoms with Gasteiger partial charge in [-0.2, -0.15) is 0 Å². The number of rotatable bonds is 9. The lowest BCUT2D eigenvalue weighted by molar-refractivity contribution is 0.0416. The highest BCUT2D eigenvalue weighted by molar-refractivity contribution is 6.25. The summed E-state index contributed by atoms with van der Waals surface area (Å²) in [7, 11) is 0. The van der Waals surface area contributed by atoms with Gasteiger partial charge in [0.2, 0.25) is 0 Å². The van der Waals surface area contributed by atoms with Crippen LogP contribution in [0.1, 0.15) is 20.7 Å². The Labute approximate surface area is 234 Å². The third kappa shape index (κ3) is 5.49. The van der Waals surface area contributed by atoms with Gasteiger partial charge in [0.05, 0.1) is 0 Å². The van der Waals surface area contributed by atoms with Crippen LogP contribution in [-0.2, 0) is 0 Å². The molecule has 0 bridgehead atoms. The highest BCUT2D eigenvalue weighted by Gasteiger charge is 2.33. The quantitative estimate of drug-likeness (QED) is 0.325. The summed E-state index contributed by atoms with van der Waals surface area (Å²) in [5.41, 5.74) is 3.48. The molecule has 7 nitrogen and oxygen atoms in total. The number of aliphatic hydroxyl groups is 1. The first kappa shape index (κ1) is 26.2. The minimum absolute atomic E-state index is 0.217. The van der Waals surface area contributed by atoms with Gasteiger partial charge in [0.25, 0.3) is 11.8 Å². The second kappa shape index (κ2) is 11.6. The molecule has 1 fully saturated rings. The van der Waals surface area contributed by atoms with E-state index < -0.39 is 6.10 Å². The molecule has 0 saturated carbocycles. The SMILES string of the molecule is O=C1c2cccc3cccc(c23)C(=O)N1CCN1CCN(CC(O)COc2ccc(-c3ccccc3)cc2)CC1. The van der Waals surface area contributed by atoms with Gasteiger partial charge in [-0.25, -0.2) is 0 Å². The van der Waals surface area contributed by atoms with Crippen molar-refractivity contribution in [2.75, 3.05) is 52.4 Å². The molecule has 0 aliphatic carbocycles. The summed E-state index contributed by atoms with van der Waals surface area (Å²) < 4.78 is 5.84. The van der Waals surface area contributed by atoms with E-state index in [1.54, 1.807) is 12.1 Å². The smallest absolute Gasteiger partial charge is 0.261 e. The largest absolute Gasteiger partial charge is 0.491 e. The van der Waals surface area contributed by atoms with Crippen LogP contribution < -0.4 is 4.74 Å². The summed E-state index contributed by atoms with van der Waals surface area (Å²) in [6.45, 7) is 5.03. The maximum Gasteiger partial charge on any atom is 0.261 e. The Morgan fingerprint density at radius 3 is 1.93 bits per heavy atom. The number of imide groups is 1. The van der Waals surface area contributed by atoms with Crippen LogP contribution in [0, 0.1) is 0 Å². The van der Waals surface area contributed by atoms with Crippen molar-refractivity contribution < 1.29 is 19.4 Å². The van der Waals surface area contributed by atoms with Gasteiger partial charge in [-0.1, -0.05) is 66.7 Å². The third-order valence-electron chi connectivity index (χ3n) is 7.83. The zero-order chi connectivity index (χ0) is 27.5. The van der Waals surface area contributed by atoms with Crippen LogP contribution in [-0.4, -0.2) is 90.1 Å². The van der Waals surface area contributed by atoms with Gasteiger partial charge < -0.3 is 9.84 Å². The summed E-state index contributed by atoms with van der Waals surface area (Å²) in [5, 5.41) is 12.3. The summed E-state index contributed by atoms with van der Waals surface area (Å²) in [6, 6.07) is 29.3. The zero-order valence-corrected chi connectivity index (χ0v) is 22.4. The van der Waals surface area contributed by atoms with Gasteiger partial charge in [0.1, 0.15) is 18.5 Å². The number of benzene rings is 4. The lowest BCUT2D eigenvalue weighted by Crippen LogP contribution is -2.51. The molecule has 1 N–H and O–H groups in total. The standard InChI is InChI=1S/C33H33N3O4/c37-27(23-40-28-14-12-25(13-15-28)24-6-2-1-3-7-24)22-35-18-16-34(17-19-35)20-21-36-32(38)29-10-4-8-26-9-5-11-30(31(26)29)33(36)39/h1-15,27,37H,16-23H2. The van der Waals surface area contributed by atoms with E-state index in [1.165, 1.54) is 4.90 Å². The molecule has 4 aromatic carbocycles. The Bertz CT molecular complexity index is 1450. The first-order chi connectivity index (χ1) is 19.6. The zero-order valence-electron chi connectivity index (χ0n) is 22.4. The van der Waals surface area contributed by atoms with Crippen molar-refractivity contribution in [2.24, 2.45) is 0 Å². The number of β-amino-alcohol motifs (C(OH)–C–C–N with tert-alkyl or cyclic N) is 1. The molecule has 2 aliphatic heterocycles. The van der Waals surface area contributed by atoms with Crippen LogP contribution in [0.3, 0.4) is 0 Å². The van der Waals surface area contributed by atoms with Crippen LogP contribution in [0.4, 0.5) is 0 Å². The normalized spacial score (nSPS) is 16.9. The molecule has 7 heteroatoms. The van der Waals surface area contributed by atoms with Gasteiger partial charge in [-0.05, 0) is 40.8 Å². The van der Waals surface area contributed by atoms with E-state index in [1.807, 2.05) is 66.7 Å². The summed E-state index contributed by atoms with van der Waals surface area (Å²) >= 11 is 0. The number of hydrogen-bond acceptors (Lipinski definition) is 6.